The van der Waals surface area contributed by atoms with E-state index in [4.69, 9.17) is 30.7 Å². The number of fused-ring (bicyclic) bond motifs is 1. The molecular weight excluding hydrogens is 531 g/mol. The fourth-order valence-electron chi connectivity index (χ4n) is 2.71. The predicted octanol–water partition coefficient (Wildman–Crippen LogP) is -1.48. The van der Waals surface area contributed by atoms with Gasteiger partial charge >= 0.3 is 23.5 Å². The van der Waals surface area contributed by atoms with Gasteiger partial charge in [-0.2, -0.15) is 8.62 Å². The van der Waals surface area contributed by atoms with Crippen molar-refractivity contribution in [3.8, 4) is 0 Å². The molecule has 0 aliphatic carbocycles. The van der Waals surface area contributed by atoms with Crippen LogP contribution in [0.4, 0.5) is 11.6 Å². The minimum absolute atomic E-state index is 0.0563. The number of phosphoric acid groups is 3. The highest BCUT2D eigenvalue weighted by Gasteiger charge is 2.47. The number of anilines is 1. The topological polar surface area (TPSA) is 309 Å². The van der Waals surface area contributed by atoms with Crippen LogP contribution in [-0.2, 0) is 36.3 Å². The highest BCUT2D eigenvalue weighted by Crippen LogP contribution is 2.66. The molecule has 1 aromatic heterocycles. The number of aliphatic imine (C=N–C) groups is 1. The summed E-state index contributed by atoms with van der Waals surface area (Å²) in [6, 6.07) is 0. The van der Waals surface area contributed by atoms with E-state index in [1.165, 1.54) is 13.1 Å². The van der Waals surface area contributed by atoms with Crippen LogP contribution in [0.2, 0.25) is 0 Å². The van der Waals surface area contributed by atoms with E-state index in [9.17, 15) is 33.4 Å². The molecule has 0 saturated heterocycles. The number of nitrogen functional groups attached to an aromatic ring is 1. The van der Waals surface area contributed by atoms with E-state index in [2.05, 4.69) is 28.1 Å². The number of aliphatic hydroxyl groups excluding tert-OH is 1. The Bertz CT molecular complexity index is 1140. The molecule has 34 heavy (non-hydrogen) atoms. The molecule has 2 rings (SSSR count). The van der Waals surface area contributed by atoms with Gasteiger partial charge in [0.05, 0.1) is 17.7 Å². The van der Waals surface area contributed by atoms with Gasteiger partial charge in [0.2, 0.25) is 11.7 Å². The van der Waals surface area contributed by atoms with Crippen molar-refractivity contribution in [2.45, 2.75) is 31.0 Å². The second-order valence-corrected chi connectivity index (χ2v) is 11.1. The van der Waals surface area contributed by atoms with Gasteiger partial charge in [-0.1, -0.05) is 0 Å². The van der Waals surface area contributed by atoms with E-state index in [1.54, 1.807) is 0 Å². The first-order valence-electron chi connectivity index (χ1n) is 8.79. The van der Waals surface area contributed by atoms with Crippen LogP contribution in [0.5, 0.6) is 0 Å². The number of phosphoric ester groups is 1. The third kappa shape index (κ3) is 7.30. The highest BCUT2D eigenvalue weighted by molar-refractivity contribution is 7.66. The standard InChI is InChI=1S/C12H22N5O14P3/c1-5(6-3-15-8-7(6)16-11(14)17-9(8)18)29-12(27-2,10(13)19)4-28-33(23,24)31-34(25,26)30-32(20,21)22/h3,5-6,10,19H,4,13H2,1-2H3,(H,23,24)(H,25,26)(H2,20,21,22)(H3,14,16,17,18)/t5-,6?,10-,12?/m1/s1. The van der Waals surface area contributed by atoms with E-state index in [0.29, 0.717) is 0 Å². The molecular formula is C12H22N5O14P3. The quantitative estimate of drug-likeness (QED) is 0.108. The van der Waals surface area contributed by atoms with Crippen LogP contribution < -0.4 is 17.0 Å². The Labute approximate surface area is 190 Å². The summed E-state index contributed by atoms with van der Waals surface area (Å²) < 4.78 is 56.4. The molecule has 4 unspecified atom stereocenters. The molecule has 0 amide bonds. The average Bonchev–Trinajstić information content (AvgIpc) is 3.06. The molecule has 0 spiro atoms. The smallest absolute Gasteiger partial charge is 0.373 e. The number of rotatable bonds is 12. The van der Waals surface area contributed by atoms with E-state index in [1.807, 2.05) is 0 Å². The molecule has 0 radical (unpaired) electrons. The summed E-state index contributed by atoms with van der Waals surface area (Å²) in [5.74, 6) is -3.47. The average molecular weight is 553 g/mol. The summed E-state index contributed by atoms with van der Waals surface area (Å²) >= 11 is 0. The number of nitrogens with zero attached hydrogens (tertiary/aromatic N) is 2. The fraction of sp³-hybridized carbons (Fsp3) is 0.583. The van der Waals surface area contributed by atoms with Crippen LogP contribution in [-0.4, -0.2) is 72.7 Å². The van der Waals surface area contributed by atoms with E-state index in [0.717, 1.165) is 7.11 Å². The summed E-state index contributed by atoms with van der Waals surface area (Å²) in [6.07, 6.45) is -1.84. The lowest BCUT2D eigenvalue weighted by molar-refractivity contribution is -0.299. The lowest BCUT2D eigenvalue weighted by Crippen LogP contribution is -2.56. The van der Waals surface area contributed by atoms with Crippen LogP contribution in [0.25, 0.3) is 0 Å². The van der Waals surface area contributed by atoms with E-state index >= 15 is 0 Å². The number of aliphatic hydroxyl groups is 1. The van der Waals surface area contributed by atoms with Gasteiger partial charge in [0, 0.05) is 13.3 Å². The molecule has 1 aliphatic rings. The Morgan fingerprint density at radius 2 is 1.82 bits per heavy atom. The second-order valence-electron chi connectivity index (χ2n) is 6.64. The molecule has 194 valence electrons. The number of hydrogen-bond donors (Lipinski definition) is 8. The molecule has 0 saturated carbocycles. The first-order chi connectivity index (χ1) is 15.4. The number of aromatic amines is 1. The Kier molecular flexibility index (Phi) is 8.73. The maximum absolute atomic E-state index is 12.0. The number of aromatic nitrogens is 2. The van der Waals surface area contributed by atoms with Crippen molar-refractivity contribution in [1.29, 1.82) is 0 Å². The van der Waals surface area contributed by atoms with Crippen LogP contribution in [0, 0.1) is 0 Å². The molecule has 19 nitrogen and oxygen atoms in total. The lowest BCUT2D eigenvalue weighted by Gasteiger charge is -2.37. The Balaban J connectivity index is 2.20. The third-order valence-electron chi connectivity index (χ3n) is 4.15. The number of methoxy groups -OCH3 is 1. The Morgan fingerprint density at radius 1 is 1.21 bits per heavy atom. The zero-order valence-corrected chi connectivity index (χ0v) is 20.0. The van der Waals surface area contributed by atoms with Crippen molar-refractivity contribution in [2.75, 3.05) is 19.5 Å². The number of nitrogens with two attached hydrogens (primary N) is 2. The molecule has 0 aromatic carbocycles. The van der Waals surface area contributed by atoms with Crippen LogP contribution in [0.15, 0.2) is 9.79 Å². The van der Waals surface area contributed by atoms with Crippen LogP contribution in [0.1, 0.15) is 18.5 Å². The molecule has 10 N–H and O–H groups in total. The highest BCUT2D eigenvalue weighted by atomic mass is 31.3. The van der Waals surface area contributed by atoms with Crippen molar-refractivity contribution < 1.29 is 61.0 Å². The zero-order chi connectivity index (χ0) is 26.1. The van der Waals surface area contributed by atoms with Crippen molar-refractivity contribution >= 4 is 41.3 Å². The third-order valence-corrected chi connectivity index (χ3v) is 7.93. The maximum Gasteiger partial charge on any atom is 0.490 e. The monoisotopic (exact) mass is 553 g/mol. The second kappa shape index (κ2) is 10.3. The summed E-state index contributed by atoms with van der Waals surface area (Å²) in [6.45, 7) is 0.183. The van der Waals surface area contributed by atoms with Gasteiger partial charge in [-0.05, 0) is 6.92 Å². The molecule has 6 atom stereocenters. The van der Waals surface area contributed by atoms with Crippen molar-refractivity contribution in [3.05, 3.63) is 16.0 Å². The molecule has 0 bridgehead atoms. The van der Waals surface area contributed by atoms with Crippen molar-refractivity contribution in [3.63, 3.8) is 0 Å². The van der Waals surface area contributed by atoms with Crippen LogP contribution >= 0.6 is 23.5 Å². The Hall–Kier alpha value is -1.40. The first-order valence-corrected chi connectivity index (χ1v) is 13.3. The lowest BCUT2D eigenvalue weighted by atomic mass is 10.0. The van der Waals surface area contributed by atoms with Gasteiger partial charge in [0.1, 0.15) is 6.61 Å². The summed E-state index contributed by atoms with van der Waals surface area (Å²) in [4.78, 5) is 58.1. The number of nitrogens with one attached hydrogen (secondary N) is 1. The maximum atomic E-state index is 12.0. The molecule has 22 heteroatoms. The van der Waals surface area contributed by atoms with E-state index < -0.39 is 59.7 Å². The number of H-pyrrole nitrogens is 1. The normalized spacial score (nSPS) is 22.9. The minimum Gasteiger partial charge on any atom is -0.373 e. The van der Waals surface area contributed by atoms with Gasteiger partial charge in [-0.3, -0.25) is 19.3 Å². The summed E-state index contributed by atoms with van der Waals surface area (Å²) in [7, 11) is -16.0. The molecule has 0 fully saturated rings. The number of hydrogen-bond acceptors (Lipinski definition) is 14. The largest absolute Gasteiger partial charge is 0.490 e. The molecule has 1 aliphatic heterocycles. The van der Waals surface area contributed by atoms with Gasteiger partial charge < -0.3 is 45.6 Å². The van der Waals surface area contributed by atoms with Crippen molar-refractivity contribution in [2.24, 2.45) is 10.7 Å². The summed E-state index contributed by atoms with van der Waals surface area (Å²) in [5, 5.41) is 10.00. The van der Waals surface area contributed by atoms with Gasteiger partial charge in [0.25, 0.3) is 5.56 Å². The van der Waals surface area contributed by atoms with Gasteiger partial charge in [-0.25, -0.2) is 18.7 Å². The fourth-order valence-corrected chi connectivity index (χ4v) is 5.75. The SMILES string of the molecule is COC(COP(=O)(O)OP(=O)(O)OP(=O)(O)O)(O[C@H](C)C1C=Nc2c1nc(N)[nH]c2=O)[C@H](N)O. The molecule has 2 heterocycles. The van der Waals surface area contributed by atoms with E-state index in [-0.39, 0.29) is 17.3 Å². The van der Waals surface area contributed by atoms with Crippen LogP contribution in [0.3, 0.4) is 0 Å². The molecule has 1 aromatic rings. The minimum atomic E-state index is -5.79. The Morgan fingerprint density at radius 3 is 2.35 bits per heavy atom. The number of ether oxygens (including phenoxy) is 2. The van der Waals surface area contributed by atoms with Crippen molar-refractivity contribution in [1.82, 2.24) is 9.97 Å². The zero-order valence-electron chi connectivity index (χ0n) is 17.3. The van der Waals surface area contributed by atoms with Gasteiger partial charge in [-0.15, -0.1) is 0 Å². The summed E-state index contributed by atoms with van der Waals surface area (Å²) in [5.41, 5.74) is 10.4. The first kappa shape index (κ1) is 28.8. The van der Waals surface area contributed by atoms with Gasteiger partial charge in [0.15, 0.2) is 11.9 Å². The predicted molar refractivity (Wildman–Crippen MR) is 110 cm³/mol.